The average Bonchev–Trinajstić information content (AvgIpc) is 2.42. The lowest BCUT2D eigenvalue weighted by molar-refractivity contribution is -0.385. The normalized spacial score (nSPS) is 10.2. The number of nitro benzene ring substituents is 1. The molecule has 0 saturated heterocycles. The van der Waals surface area contributed by atoms with Gasteiger partial charge in [0.15, 0.2) is 11.4 Å². The Bertz CT molecular complexity index is 732. The van der Waals surface area contributed by atoms with Crippen LogP contribution in [0.4, 0.5) is 10.1 Å². The van der Waals surface area contributed by atoms with Crippen molar-refractivity contribution in [3.63, 3.8) is 0 Å². The van der Waals surface area contributed by atoms with Crippen molar-refractivity contribution < 1.29 is 24.0 Å². The molecule has 0 aliphatic rings. The molecule has 0 aliphatic heterocycles. The van der Waals surface area contributed by atoms with E-state index >= 15 is 0 Å². The maximum absolute atomic E-state index is 13.4. The lowest BCUT2D eigenvalue weighted by atomic mass is 10.2. The number of nitrogens with zero attached hydrogens (tertiary/aromatic N) is 2. The summed E-state index contributed by atoms with van der Waals surface area (Å²) in [5, 5.41) is 19.9. The Hall–Kier alpha value is -3.03. The average molecular weight is 292 g/mol. The monoisotopic (exact) mass is 292 g/mol. The van der Waals surface area contributed by atoms with Crippen molar-refractivity contribution in [2.45, 2.75) is 6.92 Å². The van der Waals surface area contributed by atoms with Crippen molar-refractivity contribution in [1.29, 1.82) is 0 Å². The first-order valence-corrected chi connectivity index (χ1v) is 5.71. The number of halogens is 1. The van der Waals surface area contributed by atoms with E-state index in [4.69, 9.17) is 9.84 Å². The third-order valence-electron chi connectivity index (χ3n) is 2.63. The zero-order valence-electron chi connectivity index (χ0n) is 10.7. The number of benzene rings is 1. The smallest absolute Gasteiger partial charge is 0.358 e. The standard InChI is InChI=1S/C13H9FN2O5/c1-7-5-11(9(16(19)20)6-8(7)14)21-10-3-2-4-15-12(10)13(17)18/h2-6H,1H3,(H,17,18). The minimum absolute atomic E-state index is 0.136. The van der Waals surface area contributed by atoms with E-state index in [-0.39, 0.29) is 17.1 Å². The third kappa shape index (κ3) is 2.94. The summed E-state index contributed by atoms with van der Waals surface area (Å²) in [5.41, 5.74) is -0.858. The second-order valence-electron chi connectivity index (χ2n) is 4.08. The summed E-state index contributed by atoms with van der Waals surface area (Å²) >= 11 is 0. The minimum atomic E-state index is -1.34. The SMILES string of the molecule is Cc1cc(Oc2cccnc2C(=O)O)c([N+](=O)[O-])cc1F. The van der Waals surface area contributed by atoms with Crippen LogP contribution in [0.5, 0.6) is 11.5 Å². The van der Waals surface area contributed by atoms with Crippen molar-refractivity contribution in [1.82, 2.24) is 4.98 Å². The molecule has 0 spiro atoms. The zero-order chi connectivity index (χ0) is 15.6. The maximum atomic E-state index is 13.4. The van der Waals surface area contributed by atoms with Gasteiger partial charge in [0.1, 0.15) is 5.82 Å². The van der Waals surface area contributed by atoms with E-state index in [1.165, 1.54) is 25.3 Å². The van der Waals surface area contributed by atoms with Gasteiger partial charge in [-0.25, -0.2) is 14.2 Å². The number of hydrogen-bond donors (Lipinski definition) is 1. The highest BCUT2D eigenvalue weighted by atomic mass is 19.1. The number of carboxylic acids is 1. The molecule has 0 amide bonds. The molecule has 1 N–H and O–H groups in total. The summed E-state index contributed by atoms with van der Waals surface area (Å²) in [6.07, 6.45) is 1.25. The highest BCUT2D eigenvalue weighted by Gasteiger charge is 2.21. The van der Waals surface area contributed by atoms with Crippen LogP contribution < -0.4 is 4.74 Å². The number of aryl methyl sites for hydroxylation is 1. The lowest BCUT2D eigenvalue weighted by Gasteiger charge is -2.09. The van der Waals surface area contributed by atoms with Gasteiger partial charge in [-0.05, 0) is 30.7 Å². The van der Waals surface area contributed by atoms with Crippen LogP contribution in [-0.4, -0.2) is 21.0 Å². The van der Waals surface area contributed by atoms with Gasteiger partial charge < -0.3 is 9.84 Å². The second kappa shape index (κ2) is 5.53. The Kier molecular flexibility index (Phi) is 3.79. The van der Waals surface area contributed by atoms with Crippen LogP contribution in [-0.2, 0) is 0 Å². The molecule has 0 bridgehead atoms. The molecular formula is C13H9FN2O5. The Balaban J connectivity index is 2.52. The van der Waals surface area contributed by atoms with Crippen LogP contribution in [0.2, 0.25) is 0 Å². The molecular weight excluding hydrogens is 283 g/mol. The number of pyridine rings is 1. The maximum Gasteiger partial charge on any atom is 0.358 e. The predicted octanol–water partition coefficient (Wildman–Crippen LogP) is 2.93. The number of rotatable bonds is 4. The van der Waals surface area contributed by atoms with E-state index in [0.717, 1.165) is 12.1 Å². The molecule has 8 heteroatoms. The topological polar surface area (TPSA) is 103 Å². The van der Waals surface area contributed by atoms with Gasteiger partial charge in [0, 0.05) is 6.20 Å². The quantitative estimate of drug-likeness (QED) is 0.686. The number of aromatic nitrogens is 1. The van der Waals surface area contributed by atoms with E-state index in [2.05, 4.69) is 4.98 Å². The first-order chi connectivity index (χ1) is 9.90. The molecule has 2 rings (SSSR count). The van der Waals surface area contributed by atoms with E-state index in [1.54, 1.807) is 0 Å². The van der Waals surface area contributed by atoms with Crippen molar-refractivity contribution in [2.24, 2.45) is 0 Å². The van der Waals surface area contributed by atoms with E-state index in [1.807, 2.05) is 0 Å². The highest BCUT2D eigenvalue weighted by molar-refractivity contribution is 5.88. The van der Waals surface area contributed by atoms with Gasteiger partial charge in [0.2, 0.25) is 5.75 Å². The summed E-state index contributed by atoms with van der Waals surface area (Å²) < 4.78 is 18.6. The molecule has 108 valence electrons. The van der Waals surface area contributed by atoms with Crippen molar-refractivity contribution in [3.8, 4) is 11.5 Å². The zero-order valence-corrected chi connectivity index (χ0v) is 10.7. The first kappa shape index (κ1) is 14.4. The van der Waals surface area contributed by atoms with Gasteiger partial charge in [0.05, 0.1) is 11.0 Å². The molecule has 0 aliphatic carbocycles. The summed E-state index contributed by atoms with van der Waals surface area (Å²) in [4.78, 5) is 24.7. The molecule has 1 aromatic heterocycles. The number of aromatic carboxylic acids is 1. The Morgan fingerprint density at radius 3 is 2.76 bits per heavy atom. The Labute approximate surface area is 117 Å². The largest absolute Gasteiger partial charge is 0.476 e. The fourth-order valence-electron chi connectivity index (χ4n) is 1.62. The number of carbonyl (C=O) groups is 1. The summed E-state index contributed by atoms with van der Waals surface area (Å²) in [6, 6.07) is 4.58. The molecule has 0 atom stereocenters. The number of nitro groups is 1. The van der Waals surface area contributed by atoms with E-state index in [9.17, 15) is 19.3 Å². The molecule has 1 heterocycles. The first-order valence-electron chi connectivity index (χ1n) is 5.71. The molecule has 7 nitrogen and oxygen atoms in total. The fourth-order valence-corrected chi connectivity index (χ4v) is 1.62. The molecule has 0 unspecified atom stereocenters. The van der Waals surface area contributed by atoms with Gasteiger partial charge in [-0.15, -0.1) is 0 Å². The molecule has 21 heavy (non-hydrogen) atoms. The molecule has 0 fully saturated rings. The van der Waals surface area contributed by atoms with Crippen molar-refractivity contribution in [2.75, 3.05) is 0 Å². The van der Waals surface area contributed by atoms with Gasteiger partial charge in [-0.2, -0.15) is 0 Å². The van der Waals surface area contributed by atoms with Crippen LogP contribution in [0.25, 0.3) is 0 Å². The van der Waals surface area contributed by atoms with Crippen LogP contribution in [0, 0.1) is 22.9 Å². The Morgan fingerprint density at radius 2 is 2.14 bits per heavy atom. The van der Waals surface area contributed by atoms with Gasteiger partial charge in [-0.1, -0.05) is 0 Å². The van der Waals surface area contributed by atoms with Crippen LogP contribution in [0.15, 0.2) is 30.5 Å². The Morgan fingerprint density at radius 1 is 1.43 bits per heavy atom. The third-order valence-corrected chi connectivity index (χ3v) is 2.63. The summed E-state index contributed by atoms with van der Waals surface area (Å²) in [6.45, 7) is 1.41. The second-order valence-corrected chi connectivity index (χ2v) is 4.08. The van der Waals surface area contributed by atoms with Crippen LogP contribution in [0.3, 0.4) is 0 Å². The number of ether oxygens (including phenoxy) is 1. The van der Waals surface area contributed by atoms with Crippen molar-refractivity contribution in [3.05, 3.63) is 57.7 Å². The number of hydrogen-bond acceptors (Lipinski definition) is 5. The molecule has 2 aromatic rings. The van der Waals surface area contributed by atoms with Gasteiger partial charge in [0.25, 0.3) is 0 Å². The molecule has 0 saturated carbocycles. The predicted molar refractivity (Wildman–Crippen MR) is 69.1 cm³/mol. The lowest BCUT2D eigenvalue weighted by Crippen LogP contribution is -2.04. The molecule has 1 aromatic carbocycles. The fraction of sp³-hybridized carbons (Fsp3) is 0.0769. The van der Waals surface area contributed by atoms with Gasteiger partial charge >= 0.3 is 11.7 Å². The number of carboxylic acid groups (broad SMARTS) is 1. The van der Waals surface area contributed by atoms with E-state index < -0.39 is 28.1 Å². The van der Waals surface area contributed by atoms with Crippen LogP contribution in [0.1, 0.15) is 16.1 Å². The highest BCUT2D eigenvalue weighted by Crippen LogP contribution is 2.34. The van der Waals surface area contributed by atoms with Crippen molar-refractivity contribution >= 4 is 11.7 Å². The van der Waals surface area contributed by atoms with E-state index in [0.29, 0.717) is 0 Å². The molecule has 0 radical (unpaired) electrons. The summed E-state index contributed by atoms with van der Waals surface area (Å²) in [7, 11) is 0. The summed E-state index contributed by atoms with van der Waals surface area (Å²) in [5.74, 6) is -2.51. The minimum Gasteiger partial charge on any atom is -0.476 e. The van der Waals surface area contributed by atoms with Crippen LogP contribution >= 0.6 is 0 Å². The van der Waals surface area contributed by atoms with Gasteiger partial charge in [-0.3, -0.25) is 10.1 Å².